The summed E-state index contributed by atoms with van der Waals surface area (Å²) in [4.78, 5) is 13.5. The molecule has 3 rings (SSSR count). The summed E-state index contributed by atoms with van der Waals surface area (Å²) in [5, 5.41) is 6.11. The molecule has 0 radical (unpaired) electrons. The Morgan fingerprint density at radius 1 is 1.14 bits per heavy atom. The third-order valence-corrected chi connectivity index (χ3v) is 3.74. The van der Waals surface area contributed by atoms with Gasteiger partial charge in [-0.25, -0.2) is 15.0 Å². The number of nitrogens with one attached hydrogen (secondary N) is 1. The van der Waals surface area contributed by atoms with Crippen LogP contribution in [0, 0.1) is 0 Å². The van der Waals surface area contributed by atoms with Crippen LogP contribution in [-0.2, 0) is 0 Å². The minimum Gasteiger partial charge on any atom is -0.370 e. The summed E-state index contributed by atoms with van der Waals surface area (Å²) in [7, 11) is 0. The first-order chi connectivity index (χ1) is 10.4. The molecule has 5 heteroatoms. The second-order valence-corrected chi connectivity index (χ2v) is 5.49. The number of thiazole rings is 1. The van der Waals surface area contributed by atoms with Gasteiger partial charge in [-0.2, -0.15) is 0 Å². The zero-order valence-corrected chi connectivity index (χ0v) is 12.6. The Labute approximate surface area is 127 Å². The van der Waals surface area contributed by atoms with Gasteiger partial charge in [0.15, 0.2) is 10.8 Å². The molecule has 0 aliphatic carbocycles. The van der Waals surface area contributed by atoms with Crippen LogP contribution in [0.2, 0.25) is 0 Å². The van der Waals surface area contributed by atoms with Crippen LogP contribution in [0.5, 0.6) is 0 Å². The molecular formula is C16H16N4S. The van der Waals surface area contributed by atoms with Crippen LogP contribution in [0.3, 0.4) is 0 Å². The normalized spacial score (nSPS) is 10.5. The molecule has 0 aliphatic heterocycles. The monoisotopic (exact) mass is 296 g/mol. The summed E-state index contributed by atoms with van der Waals surface area (Å²) in [6, 6.07) is 12.1. The second kappa shape index (κ2) is 6.45. The third kappa shape index (κ3) is 3.25. The highest BCUT2D eigenvalue weighted by Crippen LogP contribution is 2.25. The van der Waals surface area contributed by atoms with Crippen molar-refractivity contribution in [3.05, 3.63) is 48.0 Å². The number of aromatic nitrogens is 3. The summed E-state index contributed by atoms with van der Waals surface area (Å²) in [6.07, 6.45) is 2.83. The van der Waals surface area contributed by atoms with Gasteiger partial charge in [0.1, 0.15) is 5.82 Å². The molecule has 0 fully saturated rings. The van der Waals surface area contributed by atoms with E-state index in [1.807, 2.05) is 29.6 Å². The van der Waals surface area contributed by atoms with E-state index in [0.717, 1.165) is 35.0 Å². The van der Waals surface area contributed by atoms with E-state index in [2.05, 4.69) is 39.3 Å². The minimum absolute atomic E-state index is 0.671. The van der Waals surface area contributed by atoms with Gasteiger partial charge in [-0.1, -0.05) is 37.3 Å². The van der Waals surface area contributed by atoms with Gasteiger partial charge in [0, 0.05) is 29.8 Å². The molecule has 0 saturated carbocycles. The smallest absolute Gasteiger partial charge is 0.191 e. The number of nitrogens with zero attached hydrogens (tertiary/aromatic N) is 3. The van der Waals surface area contributed by atoms with E-state index in [1.54, 1.807) is 17.5 Å². The van der Waals surface area contributed by atoms with Crippen molar-refractivity contribution in [1.29, 1.82) is 0 Å². The maximum Gasteiger partial charge on any atom is 0.191 e. The minimum atomic E-state index is 0.671. The fourth-order valence-corrected chi connectivity index (χ4v) is 2.55. The van der Waals surface area contributed by atoms with E-state index in [-0.39, 0.29) is 0 Å². The van der Waals surface area contributed by atoms with Crippen molar-refractivity contribution in [1.82, 2.24) is 15.0 Å². The zero-order valence-electron chi connectivity index (χ0n) is 11.8. The summed E-state index contributed by atoms with van der Waals surface area (Å²) < 4.78 is 0. The molecule has 0 spiro atoms. The quantitative estimate of drug-likeness (QED) is 0.770. The summed E-state index contributed by atoms with van der Waals surface area (Å²) in [6.45, 7) is 3.02. The van der Waals surface area contributed by atoms with Crippen LogP contribution in [0.15, 0.2) is 48.0 Å². The lowest BCUT2D eigenvalue weighted by Gasteiger charge is -2.08. The van der Waals surface area contributed by atoms with Crippen LogP contribution in [-0.4, -0.2) is 21.5 Å². The molecule has 0 amide bonds. The number of rotatable bonds is 5. The van der Waals surface area contributed by atoms with Gasteiger partial charge in [0.25, 0.3) is 0 Å². The van der Waals surface area contributed by atoms with E-state index in [0.29, 0.717) is 5.82 Å². The third-order valence-electron chi connectivity index (χ3n) is 2.98. The van der Waals surface area contributed by atoms with Crippen LogP contribution < -0.4 is 5.32 Å². The first kappa shape index (κ1) is 13.7. The van der Waals surface area contributed by atoms with Crippen molar-refractivity contribution in [3.63, 3.8) is 0 Å². The van der Waals surface area contributed by atoms with Crippen LogP contribution in [0.25, 0.3) is 22.1 Å². The summed E-state index contributed by atoms with van der Waals surface area (Å²) in [5.41, 5.74) is 1.99. The maximum atomic E-state index is 4.65. The zero-order chi connectivity index (χ0) is 14.5. The first-order valence-electron chi connectivity index (χ1n) is 6.95. The predicted octanol–water partition coefficient (Wildman–Crippen LogP) is 4.09. The van der Waals surface area contributed by atoms with E-state index in [1.165, 1.54) is 0 Å². The molecule has 0 atom stereocenters. The van der Waals surface area contributed by atoms with Crippen LogP contribution in [0.4, 0.5) is 5.82 Å². The van der Waals surface area contributed by atoms with E-state index < -0.39 is 0 Å². The lowest BCUT2D eigenvalue weighted by molar-refractivity contribution is 0.966. The lowest BCUT2D eigenvalue weighted by atomic mass is 10.1. The SMILES string of the molecule is CCCNc1cc(-c2ccccc2)nc(-c2nccs2)n1. The Kier molecular flexibility index (Phi) is 4.21. The summed E-state index contributed by atoms with van der Waals surface area (Å²) in [5.74, 6) is 1.51. The predicted molar refractivity (Wildman–Crippen MR) is 87.4 cm³/mol. The lowest BCUT2D eigenvalue weighted by Crippen LogP contribution is -2.04. The Balaban J connectivity index is 2.05. The number of anilines is 1. The van der Waals surface area contributed by atoms with Gasteiger partial charge in [0.05, 0.1) is 5.69 Å². The molecule has 4 nitrogen and oxygen atoms in total. The van der Waals surface area contributed by atoms with Crippen molar-refractivity contribution >= 4 is 17.2 Å². The van der Waals surface area contributed by atoms with E-state index in [4.69, 9.17) is 0 Å². The highest BCUT2D eigenvalue weighted by molar-refractivity contribution is 7.13. The van der Waals surface area contributed by atoms with Crippen molar-refractivity contribution < 1.29 is 0 Å². The Morgan fingerprint density at radius 2 is 2.00 bits per heavy atom. The van der Waals surface area contributed by atoms with Gasteiger partial charge in [-0.15, -0.1) is 11.3 Å². The molecule has 106 valence electrons. The maximum absolute atomic E-state index is 4.65. The van der Waals surface area contributed by atoms with Gasteiger partial charge in [-0.3, -0.25) is 0 Å². The number of hydrogen-bond donors (Lipinski definition) is 1. The molecule has 3 aromatic rings. The fraction of sp³-hybridized carbons (Fsp3) is 0.188. The van der Waals surface area contributed by atoms with E-state index in [9.17, 15) is 0 Å². The Bertz CT molecular complexity index is 696. The highest BCUT2D eigenvalue weighted by atomic mass is 32.1. The first-order valence-corrected chi connectivity index (χ1v) is 7.83. The van der Waals surface area contributed by atoms with Crippen molar-refractivity contribution in [2.75, 3.05) is 11.9 Å². The molecule has 1 aromatic carbocycles. The molecular weight excluding hydrogens is 280 g/mol. The summed E-state index contributed by atoms with van der Waals surface area (Å²) >= 11 is 1.55. The molecule has 2 aromatic heterocycles. The largest absolute Gasteiger partial charge is 0.370 e. The van der Waals surface area contributed by atoms with Crippen LogP contribution in [0.1, 0.15) is 13.3 Å². The topological polar surface area (TPSA) is 50.7 Å². The van der Waals surface area contributed by atoms with Gasteiger partial charge < -0.3 is 5.32 Å². The molecule has 0 aliphatic rings. The molecule has 1 N–H and O–H groups in total. The Hall–Kier alpha value is -2.27. The van der Waals surface area contributed by atoms with Crippen molar-refractivity contribution in [2.24, 2.45) is 0 Å². The Morgan fingerprint density at radius 3 is 2.71 bits per heavy atom. The molecule has 2 heterocycles. The van der Waals surface area contributed by atoms with Gasteiger partial charge >= 0.3 is 0 Å². The molecule has 0 saturated heterocycles. The molecule has 21 heavy (non-hydrogen) atoms. The molecule has 0 bridgehead atoms. The standard InChI is InChI=1S/C16H16N4S/c1-2-8-17-14-11-13(12-6-4-3-5-7-12)19-15(20-14)16-18-9-10-21-16/h3-7,9-11H,2,8H2,1H3,(H,17,19,20). The average molecular weight is 296 g/mol. The number of benzene rings is 1. The van der Waals surface area contributed by atoms with Crippen LogP contribution >= 0.6 is 11.3 Å². The van der Waals surface area contributed by atoms with Crippen molar-refractivity contribution in [2.45, 2.75) is 13.3 Å². The second-order valence-electron chi connectivity index (χ2n) is 4.59. The average Bonchev–Trinajstić information content (AvgIpc) is 3.08. The van der Waals surface area contributed by atoms with Crippen molar-refractivity contribution in [3.8, 4) is 22.1 Å². The van der Waals surface area contributed by atoms with Gasteiger partial charge in [-0.05, 0) is 6.42 Å². The highest BCUT2D eigenvalue weighted by Gasteiger charge is 2.10. The van der Waals surface area contributed by atoms with Gasteiger partial charge in [0.2, 0.25) is 0 Å². The molecule has 0 unspecified atom stereocenters. The number of hydrogen-bond acceptors (Lipinski definition) is 5. The fourth-order valence-electron chi connectivity index (χ4n) is 1.98. The van der Waals surface area contributed by atoms with E-state index >= 15 is 0 Å².